The Bertz CT molecular complexity index is 921. The number of nitrogen functional groups attached to an aromatic ring is 1. The zero-order chi connectivity index (χ0) is 18.3. The summed E-state index contributed by atoms with van der Waals surface area (Å²) in [7, 11) is 0. The normalized spacial score (nSPS) is 18.1. The van der Waals surface area contributed by atoms with Crippen molar-refractivity contribution in [3.63, 3.8) is 0 Å². The van der Waals surface area contributed by atoms with E-state index in [9.17, 15) is 9.59 Å². The smallest absolute Gasteiger partial charge is 0.347 e. The van der Waals surface area contributed by atoms with Gasteiger partial charge in [-0.1, -0.05) is 28.1 Å². The predicted octanol–water partition coefficient (Wildman–Crippen LogP) is 3.43. The zero-order valence-electron chi connectivity index (χ0n) is 13.6. The molecule has 2 aliphatic heterocycles. The molecule has 2 aromatic rings. The van der Waals surface area contributed by atoms with Crippen molar-refractivity contribution in [2.24, 2.45) is 0 Å². The monoisotopic (exact) mass is 414 g/mol. The highest BCUT2D eigenvalue weighted by Gasteiger charge is 2.50. The van der Waals surface area contributed by atoms with Crippen molar-refractivity contribution in [2.45, 2.75) is 18.8 Å². The zero-order valence-corrected chi connectivity index (χ0v) is 15.2. The molecule has 2 aliphatic rings. The number of carbonyl (C=O) groups is 2. The van der Waals surface area contributed by atoms with Crippen LogP contribution in [0.2, 0.25) is 0 Å². The Balaban J connectivity index is 1.94. The summed E-state index contributed by atoms with van der Waals surface area (Å²) in [5, 5.41) is 0. The van der Waals surface area contributed by atoms with Gasteiger partial charge in [0.1, 0.15) is 0 Å². The number of hydrogen-bond donors (Lipinski definition) is 1. The Hall–Kier alpha value is -2.80. The number of carbonyl (C=O) groups excluding carboxylic acids is 2. The molecule has 1 spiro atoms. The number of benzene rings is 2. The molecule has 0 fully saturated rings. The molecule has 0 aromatic heterocycles. The van der Waals surface area contributed by atoms with Gasteiger partial charge in [-0.2, -0.15) is 0 Å². The molecule has 0 radical (unpaired) electrons. The van der Waals surface area contributed by atoms with Gasteiger partial charge >= 0.3 is 17.8 Å². The van der Waals surface area contributed by atoms with Crippen LogP contribution in [-0.2, 0) is 25.5 Å². The lowest BCUT2D eigenvalue weighted by Gasteiger charge is -2.45. The summed E-state index contributed by atoms with van der Waals surface area (Å²) in [5.74, 6) is -2.87. The van der Waals surface area contributed by atoms with E-state index in [-0.39, 0.29) is 6.42 Å². The molecule has 7 heteroatoms. The Kier molecular flexibility index (Phi) is 3.96. The predicted molar refractivity (Wildman–Crippen MR) is 99.5 cm³/mol. The maximum absolute atomic E-state index is 12.1. The first-order valence-corrected chi connectivity index (χ1v) is 8.85. The lowest BCUT2D eigenvalue weighted by Crippen LogP contribution is -2.55. The third-order valence-electron chi connectivity index (χ3n) is 4.39. The van der Waals surface area contributed by atoms with Gasteiger partial charge in [-0.3, -0.25) is 4.90 Å². The third-order valence-corrected chi connectivity index (χ3v) is 4.88. The molecule has 0 saturated heterocycles. The Morgan fingerprint density at radius 3 is 2.38 bits per heavy atom. The Morgan fingerprint density at radius 1 is 1.00 bits per heavy atom. The number of hydrogen-bond acceptors (Lipinski definition) is 6. The molecule has 2 aromatic carbocycles. The highest BCUT2D eigenvalue weighted by atomic mass is 79.9. The van der Waals surface area contributed by atoms with Gasteiger partial charge in [-0.25, -0.2) is 9.59 Å². The summed E-state index contributed by atoms with van der Waals surface area (Å²) >= 11 is 3.48. The molecule has 4 rings (SSSR count). The van der Waals surface area contributed by atoms with E-state index in [0.29, 0.717) is 17.8 Å². The summed E-state index contributed by atoms with van der Waals surface area (Å²) in [5.41, 5.74) is 9.05. The second-order valence-electron chi connectivity index (χ2n) is 6.06. The molecule has 2 N–H and O–H groups in total. The highest BCUT2D eigenvalue weighted by Crippen LogP contribution is 2.46. The van der Waals surface area contributed by atoms with E-state index in [2.05, 4.69) is 15.9 Å². The fraction of sp³-hybridized carbons (Fsp3) is 0.158. The van der Waals surface area contributed by atoms with Crippen LogP contribution < -0.4 is 10.6 Å². The van der Waals surface area contributed by atoms with Crippen LogP contribution in [-0.4, -0.2) is 17.8 Å². The lowest BCUT2D eigenvalue weighted by atomic mass is 9.97. The molecule has 26 heavy (non-hydrogen) atoms. The van der Waals surface area contributed by atoms with Crippen LogP contribution >= 0.6 is 15.9 Å². The SMILES string of the molecule is Nc1ccccc1N1c2ccc(Br)cc2CCC12OC(=O)C=CC(=O)O2. The number of anilines is 3. The summed E-state index contributed by atoms with van der Waals surface area (Å²) in [6, 6.07) is 12.9. The van der Waals surface area contributed by atoms with E-state index < -0.39 is 17.8 Å². The minimum absolute atomic E-state index is 0.282. The highest BCUT2D eigenvalue weighted by molar-refractivity contribution is 9.10. The summed E-state index contributed by atoms with van der Waals surface area (Å²) < 4.78 is 12.2. The van der Waals surface area contributed by atoms with E-state index in [1.54, 1.807) is 17.0 Å². The summed E-state index contributed by atoms with van der Waals surface area (Å²) in [6.45, 7) is 0. The van der Waals surface area contributed by atoms with E-state index in [1.807, 2.05) is 30.3 Å². The van der Waals surface area contributed by atoms with Gasteiger partial charge in [-0.15, -0.1) is 0 Å². The minimum Gasteiger partial charge on any atom is -0.400 e. The average Bonchev–Trinajstić information content (AvgIpc) is 2.75. The van der Waals surface area contributed by atoms with Crippen LogP contribution in [0.1, 0.15) is 12.0 Å². The first kappa shape index (κ1) is 16.7. The van der Waals surface area contributed by atoms with Gasteiger partial charge in [0, 0.05) is 16.6 Å². The van der Waals surface area contributed by atoms with Crippen molar-refractivity contribution >= 4 is 44.9 Å². The molecular formula is C19H15BrN2O4. The molecule has 0 bridgehead atoms. The van der Waals surface area contributed by atoms with E-state index in [0.717, 1.165) is 27.9 Å². The molecule has 6 nitrogen and oxygen atoms in total. The topological polar surface area (TPSA) is 81.9 Å². The van der Waals surface area contributed by atoms with Crippen LogP contribution in [0, 0.1) is 0 Å². The second-order valence-corrected chi connectivity index (χ2v) is 6.97. The molecule has 0 aliphatic carbocycles. The molecular weight excluding hydrogens is 400 g/mol. The molecule has 0 unspecified atom stereocenters. The van der Waals surface area contributed by atoms with Crippen molar-refractivity contribution < 1.29 is 19.1 Å². The van der Waals surface area contributed by atoms with Crippen molar-refractivity contribution in [1.82, 2.24) is 0 Å². The van der Waals surface area contributed by atoms with Gasteiger partial charge in [0.05, 0.1) is 23.5 Å². The van der Waals surface area contributed by atoms with E-state index in [4.69, 9.17) is 15.2 Å². The molecule has 132 valence electrons. The number of halogens is 1. The van der Waals surface area contributed by atoms with Crippen LogP contribution in [0.3, 0.4) is 0 Å². The summed E-state index contributed by atoms with van der Waals surface area (Å²) in [6.07, 6.45) is 2.99. The van der Waals surface area contributed by atoms with Crippen LogP contribution in [0.5, 0.6) is 0 Å². The quantitative estimate of drug-likeness (QED) is 0.568. The first-order valence-electron chi connectivity index (χ1n) is 8.06. The molecule has 2 heterocycles. The number of esters is 2. The van der Waals surface area contributed by atoms with Crippen molar-refractivity contribution in [1.29, 1.82) is 0 Å². The fourth-order valence-corrected chi connectivity index (χ4v) is 3.71. The van der Waals surface area contributed by atoms with Crippen LogP contribution in [0.4, 0.5) is 17.1 Å². The number of fused-ring (bicyclic) bond motifs is 1. The summed E-state index contributed by atoms with van der Waals surface area (Å²) in [4.78, 5) is 25.9. The largest absolute Gasteiger partial charge is 0.400 e. The maximum atomic E-state index is 12.1. The van der Waals surface area contributed by atoms with Gasteiger partial charge in [0.15, 0.2) is 0 Å². The Morgan fingerprint density at radius 2 is 1.69 bits per heavy atom. The molecule has 0 saturated carbocycles. The second kappa shape index (κ2) is 6.17. The standard InChI is InChI=1S/C19H15BrN2O4/c20-13-5-6-15-12(11-13)9-10-19(25-17(23)7-8-18(24)26-19)22(15)16-4-2-1-3-14(16)21/h1-8,11H,9-10,21H2. The maximum Gasteiger partial charge on any atom is 0.347 e. The molecule has 0 atom stereocenters. The lowest BCUT2D eigenvalue weighted by molar-refractivity contribution is -0.220. The fourth-order valence-electron chi connectivity index (χ4n) is 3.30. The number of para-hydroxylation sites is 2. The number of ether oxygens (including phenoxy) is 2. The average molecular weight is 415 g/mol. The first-order chi connectivity index (χ1) is 12.5. The number of nitrogens with zero attached hydrogens (tertiary/aromatic N) is 1. The number of rotatable bonds is 1. The van der Waals surface area contributed by atoms with Crippen molar-refractivity contribution in [3.8, 4) is 0 Å². The van der Waals surface area contributed by atoms with E-state index in [1.165, 1.54) is 0 Å². The van der Waals surface area contributed by atoms with Gasteiger partial charge in [0.2, 0.25) is 0 Å². The van der Waals surface area contributed by atoms with Gasteiger partial charge < -0.3 is 15.2 Å². The van der Waals surface area contributed by atoms with Crippen LogP contribution in [0.15, 0.2) is 59.1 Å². The number of nitrogens with two attached hydrogens (primary N) is 1. The van der Waals surface area contributed by atoms with Gasteiger partial charge in [-0.05, 0) is 42.3 Å². The Labute approximate surface area is 158 Å². The number of aryl methyl sites for hydroxylation is 1. The van der Waals surface area contributed by atoms with E-state index >= 15 is 0 Å². The van der Waals surface area contributed by atoms with Crippen molar-refractivity contribution in [3.05, 3.63) is 64.7 Å². The molecule has 0 amide bonds. The van der Waals surface area contributed by atoms with Gasteiger partial charge in [0.25, 0.3) is 0 Å². The van der Waals surface area contributed by atoms with Crippen LogP contribution in [0.25, 0.3) is 0 Å². The third kappa shape index (κ3) is 2.74. The van der Waals surface area contributed by atoms with Crippen molar-refractivity contribution in [2.75, 3.05) is 10.6 Å². The minimum atomic E-state index is -1.59.